The molecule has 0 amide bonds. The normalized spacial score (nSPS) is 10.9. The molecule has 0 bridgehead atoms. The van der Waals surface area contributed by atoms with Crippen molar-refractivity contribution in [3.05, 3.63) is 24.3 Å². The van der Waals surface area contributed by atoms with Crippen molar-refractivity contribution < 1.29 is 39.5 Å². The number of unbranched alkanes of at least 4 members (excludes halogenated alkanes) is 17. The second kappa shape index (κ2) is 37.5. The van der Waals surface area contributed by atoms with Gasteiger partial charge in [0.2, 0.25) is 0 Å². The molecule has 0 atom stereocenters. The summed E-state index contributed by atoms with van der Waals surface area (Å²) >= 11 is 0. The zero-order valence-corrected chi connectivity index (χ0v) is 25.5. The summed E-state index contributed by atoms with van der Waals surface area (Å²) in [5, 5.41) is 10.2. The maximum absolute atomic E-state index is 10.2. The van der Waals surface area contributed by atoms with Crippen molar-refractivity contribution in [1.82, 2.24) is 0 Å². The summed E-state index contributed by atoms with van der Waals surface area (Å²) in [6, 6.07) is 0. The largest absolute Gasteiger partial charge is 1.00 e. The smallest absolute Gasteiger partial charge is 0.550 e. The van der Waals surface area contributed by atoms with Gasteiger partial charge in [-0.1, -0.05) is 128 Å². The summed E-state index contributed by atoms with van der Waals surface area (Å²) < 4.78 is 0. The minimum atomic E-state index is -0.921. The molecule has 0 aromatic carbocycles. The predicted molar refractivity (Wildman–Crippen MR) is 145 cm³/mol. The number of allylic oxidation sites excluding steroid dienone is 4. The third kappa shape index (κ3) is 42.1. The summed E-state index contributed by atoms with van der Waals surface area (Å²) in [6.07, 6.45) is 35.9. The molecule has 0 saturated heterocycles. The Labute approximate surface area is 236 Å². The molecule has 34 heavy (non-hydrogen) atoms. The first-order chi connectivity index (χ1) is 16.2. The van der Waals surface area contributed by atoms with E-state index in [9.17, 15) is 9.90 Å². The molecule has 0 aliphatic rings. The second-order valence-electron chi connectivity index (χ2n) is 9.32. The van der Waals surface area contributed by atoms with Crippen LogP contribution in [0.2, 0.25) is 0 Å². The van der Waals surface area contributed by atoms with Crippen molar-refractivity contribution in [1.29, 1.82) is 0 Å². The van der Waals surface area contributed by atoms with E-state index in [1.165, 1.54) is 103 Å². The number of hydrogen-bond donors (Lipinski definition) is 1. The van der Waals surface area contributed by atoms with E-state index in [2.05, 4.69) is 38.2 Å². The molecule has 0 spiro atoms. The number of carbonyl (C=O) groups is 1. The van der Waals surface area contributed by atoms with Crippen molar-refractivity contribution >= 4 is 5.97 Å². The zero-order valence-electron chi connectivity index (χ0n) is 23.5. The zero-order chi connectivity index (χ0) is 24.7. The van der Waals surface area contributed by atoms with Crippen LogP contribution >= 0.6 is 0 Å². The number of carbonyl (C=O) groups excluding carboxylic acids is 1. The van der Waals surface area contributed by atoms with E-state index in [1.54, 1.807) is 0 Å². The Morgan fingerprint density at radius 2 is 0.971 bits per heavy atom. The Balaban J connectivity index is -0.000000598. The van der Waals surface area contributed by atoms with Gasteiger partial charge in [-0.3, -0.25) is 0 Å². The quantitative estimate of drug-likeness (QED) is 0.112. The molecule has 4 heteroatoms. The molecule has 0 aromatic rings. The predicted octanol–water partition coefficient (Wildman–Crippen LogP) is 5.42. The topological polar surface area (TPSA) is 66.1 Å². The van der Waals surface area contributed by atoms with E-state index >= 15 is 0 Å². The minimum Gasteiger partial charge on any atom is -0.550 e. The van der Waals surface area contributed by atoms with E-state index in [0.29, 0.717) is 0 Å². The Morgan fingerprint density at radius 3 is 1.44 bits per heavy atom. The number of rotatable bonds is 24. The first-order valence-electron chi connectivity index (χ1n) is 14.4. The van der Waals surface area contributed by atoms with Crippen LogP contribution in [0.15, 0.2) is 24.3 Å². The molecule has 0 aromatic heterocycles. The number of carboxylic acids is 1. The van der Waals surface area contributed by atoms with Gasteiger partial charge in [-0.25, -0.2) is 0 Å². The first-order valence-corrected chi connectivity index (χ1v) is 14.4. The van der Waals surface area contributed by atoms with Gasteiger partial charge in [-0.15, -0.1) is 0 Å². The standard InChI is InChI=1S/C18H32O2.C12H27N.Na/c1-2-3-4-5-6-7-8-9-10-11-12-13-14-15-16-17-18(19)20;1-2-3-4-5-6-7-8-9-10-11-12-13;/h6-7,9-10H,2-5,8,11-17H2,1H3,(H,19,20);2-13H2,1H3;/q;;+1/p-1/b7-6-,10-9-;;. The third-order valence-corrected chi connectivity index (χ3v) is 5.89. The molecular formula is C30H58NNaO2. The molecule has 0 fully saturated rings. The minimum absolute atomic E-state index is 0. The first kappa shape index (κ1) is 38.4. The van der Waals surface area contributed by atoms with Crippen LogP contribution in [0, 0.1) is 0 Å². The van der Waals surface area contributed by atoms with Gasteiger partial charge in [-0.2, -0.15) is 0 Å². The van der Waals surface area contributed by atoms with Crippen LogP contribution in [-0.2, 0) is 4.79 Å². The maximum Gasteiger partial charge on any atom is 1.00 e. The van der Waals surface area contributed by atoms with Gasteiger partial charge >= 0.3 is 29.6 Å². The number of nitrogens with two attached hydrogens (primary N) is 1. The average molecular weight is 488 g/mol. The van der Waals surface area contributed by atoms with Crippen molar-refractivity contribution in [2.75, 3.05) is 6.54 Å². The number of aliphatic carboxylic acids is 1. The average Bonchev–Trinajstić information content (AvgIpc) is 2.81. The molecule has 0 saturated carbocycles. The van der Waals surface area contributed by atoms with Crippen molar-refractivity contribution in [3.63, 3.8) is 0 Å². The van der Waals surface area contributed by atoms with Crippen LogP contribution in [0.3, 0.4) is 0 Å². The number of carboxylic acid groups (broad SMARTS) is 1. The third-order valence-electron chi connectivity index (χ3n) is 5.89. The fourth-order valence-corrected chi connectivity index (χ4v) is 3.71. The molecule has 0 heterocycles. The van der Waals surface area contributed by atoms with Gasteiger partial charge in [0.05, 0.1) is 0 Å². The van der Waals surface area contributed by atoms with E-state index < -0.39 is 5.97 Å². The maximum atomic E-state index is 10.2. The van der Waals surface area contributed by atoms with Crippen LogP contribution < -0.4 is 40.4 Å². The van der Waals surface area contributed by atoms with E-state index in [4.69, 9.17) is 5.73 Å². The fraction of sp³-hybridized carbons (Fsp3) is 0.833. The van der Waals surface area contributed by atoms with Crippen molar-refractivity contribution in [3.8, 4) is 0 Å². The Hall–Kier alpha value is -0.0900. The monoisotopic (exact) mass is 487 g/mol. The molecule has 0 radical (unpaired) electrons. The molecule has 2 N–H and O–H groups in total. The molecule has 0 unspecified atom stereocenters. The van der Waals surface area contributed by atoms with Crippen LogP contribution in [0.5, 0.6) is 0 Å². The molecule has 0 rings (SSSR count). The van der Waals surface area contributed by atoms with Crippen LogP contribution in [0.4, 0.5) is 0 Å². The Kier molecular flexibility index (Phi) is 42.4. The number of hydrogen-bond acceptors (Lipinski definition) is 3. The van der Waals surface area contributed by atoms with Crippen LogP contribution in [0.25, 0.3) is 0 Å². The van der Waals surface area contributed by atoms with Gasteiger partial charge in [0.25, 0.3) is 0 Å². The summed E-state index contributed by atoms with van der Waals surface area (Å²) in [6.45, 7) is 5.37. The Bertz CT molecular complexity index is 414. The van der Waals surface area contributed by atoms with Gasteiger partial charge in [-0.05, 0) is 57.9 Å². The van der Waals surface area contributed by atoms with Gasteiger partial charge < -0.3 is 15.6 Å². The van der Waals surface area contributed by atoms with Crippen molar-refractivity contribution in [2.45, 2.75) is 155 Å². The molecule has 196 valence electrons. The van der Waals surface area contributed by atoms with E-state index in [-0.39, 0.29) is 36.0 Å². The summed E-state index contributed by atoms with van der Waals surface area (Å²) in [5.41, 5.74) is 5.42. The molecule has 3 nitrogen and oxygen atoms in total. The molecular weight excluding hydrogens is 429 g/mol. The van der Waals surface area contributed by atoms with Crippen LogP contribution in [0.1, 0.15) is 155 Å². The second-order valence-corrected chi connectivity index (χ2v) is 9.32. The van der Waals surface area contributed by atoms with E-state index in [1.807, 2.05) is 0 Å². The summed E-state index contributed by atoms with van der Waals surface area (Å²) in [5.74, 6) is -0.921. The summed E-state index contributed by atoms with van der Waals surface area (Å²) in [7, 11) is 0. The fourth-order valence-electron chi connectivity index (χ4n) is 3.71. The van der Waals surface area contributed by atoms with Crippen molar-refractivity contribution in [2.24, 2.45) is 5.73 Å². The van der Waals surface area contributed by atoms with Crippen LogP contribution in [-0.4, -0.2) is 12.5 Å². The Morgan fingerprint density at radius 1 is 0.588 bits per heavy atom. The van der Waals surface area contributed by atoms with Gasteiger partial charge in [0, 0.05) is 5.97 Å². The van der Waals surface area contributed by atoms with Gasteiger partial charge in [0.15, 0.2) is 0 Å². The molecule has 0 aliphatic carbocycles. The van der Waals surface area contributed by atoms with Gasteiger partial charge in [0.1, 0.15) is 0 Å². The SMILES string of the molecule is CCCCC/C=C\C/C=C\CCCCCCCC(=O)[O-].CCCCCCCCCCCCN.[Na+]. The summed E-state index contributed by atoms with van der Waals surface area (Å²) in [4.78, 5) is 10.2. The van der Waals surface area contributed by atoms with E-state index in [0.717, 1.165) is 38.6 Å². The molecule has 0 aliphatic heterocycles.